The number of fused-ring (bicyclic) bond motifs is 1. The smallest absolute Gasteiger partial charge is 0.435 e. The van der Waals surface area contributed by atoms with Crippen molar-refractivity contribution in [3.63, 3.8) is 0 Å². The third kappa shape index (κ3) is 3.74. The minimum absolute atomic E-state index is 0.0944. The predicted molar refractivity (Wildman–Crippen MR) is 101 cm³/mol. The number of alkyl halides is 6. The third-order valence-corrected chi connectivity index (χ3v) is 4.55. The van der Waals surface area contributed by atoms with E-state index in [1.54, 1.807) is 0 Å². The highest BCUT2D eigenvalue weighted by Crippen LogP contribution is 2.37. The van der Waals surface area contributed by atoms with Gasteiger partial charge in [0.2, 0.25) is 0 Å². The van der Waals surface area contributed by atoms with Crippen molar-refractivity contribution in [3.05, 3.63) is 57.3 Å². The van der Waals surface area contributed by atoms with Crippen LogP contribution in [0.25, 0.3) is 16.7 Å². The zero-order valence-electron chi connectivity index (χ0n) is 16.6. The normalized spacial score (nSPS) is 12.2. The Kier molecular flexibility index (Phi) is 5.62. The van der Waals surface area contributed by atoms with Crippen LogP contribution in [0.15, 0.2) is 29.2 Å². The summed E-state index contributed by atoms with van der Waals surface area (Å²) in [6, 6.07) is 2.56. The van der Waals surface area contributed by atoms with Crippen LogP contribution in [0.3, 0.4) is 0 Å². The molecule has 0 unspecified atom stereocenters. The quantitative estimate of drug-likeness (QED) is 0.471. The fourth-order valence-corrected chi connectivity index (χ4v) is 3.27. The fraction of sp³-hybridized carbons (Fsp3) is 0.263. The van der Waals surface area contributed by atoms with Crippen LogP contribution in [-0.2, 0) is 17.1 Å². The average molecular weight is 460 g/mol. The molecule has 0 aliphatic heterocycles. The number of aryl methyl sites for hydroxylation is 1. The van der Waals surface area contributed by atoms with Crippen LogP contribution in [0.1, 0.15) is 27.3 Å². The number of hydrogen-bond donors (Lipinski definition) is 1. The van der Waals surface area contributed by atoms with E-state index in [-0.39, 0.29) is 16.6 Å². The Balaban J connectivity index is 2.67. The van der Waals surface area contributed by atoms with Gasteiger partial charge in [0, 0.05) is 18.6 Å². The lowest BCUT2D eigenvalue weighted by molar-refractivity contribution is -0.142. The summed E-state index contributed by atoms with van der Waals surface area (Å²) in [5.74, 6) is -1.20. The number of pyridine rings is 3. The van der Waals surface area contributed by atoms with Crippen molar-refractivity contribution in [1.82, 2.24) is 14.5 Å². The van der Waals surface area contributed by atoms with Gasteiger partial charge < -0.3 is 10.1 Å². The first kappa shape index (κ1) is 23.0. The number of anilines is 1. The highest BCUT2D eigenvalue weighted by molar-refractivity contribution is 6.05. The van der Waals surface area contributed by atoms with Crippen LogP contribution in [0.2, 0.25) is 0 Å². The maximum atomic E-state index is 13.6. The number of methoxy groups -OCH3 is 1. The number of carbonyl (C=O) groups is 1. The second-order valence-corrected chi connectivity index (χ2v) is 6.52. The molecule has 0 aliphatic carbocycles. The van der Waals surface area contributed by atoms with E-state index >= 15 is 0 Å². The second kappa shape index (κ2) is 7.80. The van der Waals surface area contributed by atoms with Gasteiger partial charge in [0.15, 0.2) is 11.3 Å². The maximum absolute atomic E-state index is 13.6. The Morgan fingerprint density at radius 2 is 1.81 bits per heavy atom. The molecular weight excluding hydrogens is 446 g/mol. The molecule has 0 spiro atoms. The predicted octanol–water partition coefficient (Wildman–Crippen LogP) is 3.96. The molecule has 0 radical (unpaired) electrons. The van der Waals surface area contributed by atoms with E-state index in [0.717, 1.165) is 25.4 Å². The largest absolute Gasteiger partial charge is 0.465 e. The minimum Gasteiger partial charge on any atom is -0.465 e. The monoisotopic (exact) mass is 460 g/mol. The van der Waals surface area contributed by atoms with Crippen molar-refractivity contribution in [2.24, 2.45) is 0 Å². The van der Waals surface area contributed by atoms with Crippen molar-refractivity contribution in [3.8, 4) is 5.69 Å². The van der Waals surface area contributed by atoms with E-state index in [0.29, 0.717) is 10.6 Å². The van der Waals surface area contributed by atoms with Crippen LogP contribution >= 0.6 is 0 Å². The molecule has 3 aromatic heterocycles. The van der Waals surface area contributed by atoms with Crippen molar-refractivity contribution < 1.29 is 35.9 Å². The van der Waals surface area contributed by atoms with Gasteiger partial charge in [-0.15, -0.1) is 0 Å². The molecule has 0 saturated heterocycles. The van der Waals surface area contributed by atoms with Crippen LogP contribution in [-0.4, -0.2) is 34.7 Å². The summed E-state index contributed by atoms with van der Waals surface area (Å²) in [5, 5.41) is 2.37. The molecule has 3 rings (SSSR count). The summed E-state index contributed by atoms with van der Waals surface area (Å²) in [4.78, 5) is 32.3. The number of esters is 1. The summed E-state index contributed by atoms with van der Waals surface area (Å²) < 4.78 is 85.9. The van der Waals surface area contributed by atoms with Crippen molar-refractivity contribution in [1.29, 1.82) is 0 Å². The Morgan fingerprint density at radius 3 is 2.34 bits per heavy atom. The van der Waals surface area contributed by atoms with E-state index in [9.17, 15) is 35.9 Å². The van der Waals surface area contributed by atoms with Crippen LogP contribution in [0, 0.1) is 6.92 Å². The molecule has 7 nitrogen and oxygen atoms in total. The molecule has 1 N–H and O–H groups in total. The second-order valence-electron chi connectivity index (χ2n) is 6.52. The van der Waals surface area contributed by atoms with Gasteiger partial charge in [-0.2, -0.15) is 26.3 Å². The molecule has 0 bridgehead atoms. The first-order valence-corrected chi connectivity index (χ1v) is 8.79. The molecule has 13 heteroatoms. The molecular formula is C19H14F6N4O3. The molecule has 0 amide bonds. The lowest BCUT2D eigenvalue weighted by Gasteiger charge is -2.20. The molecule has 0 saturated carbocycles. The summed E-state index contributed by atoms with van der Waals surface area (Å²) >= 11 is 0. The number of rotatable bonds is 3. The van der Waals surface area contributed by atoms with Gasteiger partial charge in [-0.3, -0.25) is 9.36 Å². The number of ether oxygens (including phenoxy) is 1. The topological polar surface area (TPSA) is 86.1 Å². The fourth-order valence-electron chi connectivity index (χ4n) is 3.27. The van der Waals surface area contributed by atoms with Crippen molar-refractivity contribution in [2.75, 3.05) is 19.5 Å². The number of nitrogens with zero attached hydrogens (tertiary/aromatic N) is 3. The molecule has 0 aromatic carbocycles. The molecule has 0 fully saturated rings. The Bertz CT molecular complexity index is 1280. The highest BCUT2D eigenvalue weighted by Gasteiger charge is 2.39. The van der Waals surface area contributed by atoms with Crippen LogP contribution in [0.4, 0.5) is 32.0 Å². The summed E-state index contributed by atoms with van der Waals surface area (Å²) in [7, 11) is 2.23. The van der Waals surface area contributed by atoms with Crippen molar-refractivity contribution in [2.45, 2.75) is 19.3 Å². The zero-order chi connectivity index (χ0) is 24.0. The van der Waals surface area contributed by atoms with Gasteiger partial charge in [-0.1, -0.05) is 0 Å². The molecule has 0 aliphatic rings. The van der Waals surface area contributed by atoms with Crippen LogP contribution in [0.5, 0.6) is 0 Å². The lowest BCUT2D eigenvalue weighted by Crippen LogP contribution is -2.31. The van der Waals surface area contributed by atoms with Gasteiger partial charge in [-0.05, 0) is 30.7 Å². The third-order valence-electron chi connectivity index (χ3n) is 4.55. The van der Waals surface area contributed by atoms with Crippen molar-refractivity contribution >= 4 is 22.7 Å². The Morgan fingerprint density at radius 1 is 1.16 bits per heavy atom. The van der Waals surface area contributed by atoms with Crippen LogP contribution < -0.4 is 10.9 Å². The number of halogens is 6. The molecule has 3 heterocycles. The van der Waals surface area contributed by atoms with E-state index in [1.807, 2.05) is 0 Å². The van der Waals surface area contributed by atoms with E-state index in [4.69, 9.17) is 0 Å². The number of carbonyl (C=O) groups excluding carboxylic acids is 1. The van der Waals surface area contributed by atoms with E-state index in [2.05, 4.69) is 20.0 Å². The van der Waals surface area contributed by atoms with E-state index in [1.165, 1.54) is 14.0 Å². The van der Waals surface area contributed by atoms with Gasteiger partial charge in [0.05, 0.1) is 18.5 Å². The Labute approximate surface area is 175 Å². The highest BCUT2D eigenvalue weighted by atomic mass is 19.4. The Hall–Kier alpha value is -3.64. The SMILES string of the molecule is CNc1c(C(=O)OC)c(=O)n(-c2cccnc2C(F)(F)F)c2nc(C(F)(F)F)cc(C)c12. The first-order valence-electron chi connectivity index (χ1n) is 8.79. The molecule has 0 atom stereocenters. The van der Waals surface area contributed by atoms with Gasteiger partial charge in [-0.25, -0.2) is 14.8 Å². The average Bonchev–Trinajstić information content (AvgIpc) is 2.70. The zero-order valence-corrected chi connectivity index (χ0v) is 16.6. The summed E-state index contributed by atoms with van der Waals surface area (Å²) in [5.41, 5.74) is -7.00. The summed E-state index contributed by atoms with van der Waals surface area (Å²) in [6.07, 6.45) is -9.21. The van der Waals surface area contributed by atoms with E-state index < -0.39 is 52.2 Å². The molecule has 32 heavy (non-hydrogen) atoms. The number of aromatic nitrogens is 3. The van der Waals surface area contributed by atoms with Gasteiger partial charge in [0.25, 0.3) is 5.56 Å². The lowest BCUT2D eigenvalue weighted by atomic mass is 10.0. The maximum Gasteiger partial charge on any atom is 0.435 e. The molecule has 170 valence electrons. The van der Waals surface area contributed by atoms with Gasteiger partial charge in [0.1, 0.15) is 11.3 Å². The minimum atomic E-state index is -5.06. The number of hydrogen-bond acceptors (Lipinski definition) is 6. The standard InChI is InChI=1S/C19H14F6N4O3/c1-8-7-10(18(20,21)22)28-15-11(8)13(26-2)12(17(31)32-3)16(30)29(15)9-5-4-6-27-14(9)19(23,24)25/h4-7,26H,1-3H3. The first-order chi connectivity index (χ1) is 14.8. The summed E-state index contributed by atoms with van der Waals surface area (Å²) in [6.45, 7) is 1.24. The molecule has 3 aromatic rings. The van der Waals surface area contributed by atoms with Gasteiger partial charge >= 0.3 is 18.3 Å². The number of nitrogens with one attached hydrogen (secondary N) is 1.